The van der Waals surface area contributed by atoms with Gasteiger partial charge in [-0.15, -0.1) is 0 Å². The van der Waals surface area contributed by atoms with Gasteiger partial charge in [-0.3, -0.25) is 0 Å². The Balaban J connectivity index is 2.71. The minimum absolute atomic E-state index is 0.00210. The van der Waals surface area contributed by atoms with Crippen LogP contribution in [0, 0.1) is 0 Å². The van der Waals surface area contributed by atoms with Crippen molar-refractivity contribution in [1.29, 1.82) is 0 Å². The third-order valence-electron chi connectivity index (χ3n) is 2.34. The highest BCUT2D eigenvalue weighted by molar-refractivity contribution is 9.10. The molecule has 0 aliphatic rings. The van der Waals surface area contributed by atoms with Gasteiger partial charge in [0.1, 0.15) is 17.9 Å². The summed E-state index contributed by atoms with van der Waals surface area (Å²) in [6, 6.07) is 4.56. The van der Waals surface area contributed by atoms with E-state index in [4.69, 9.17) is 9.84 Å². The van der Waals surface area contributed by atoms with E-state index in [9.17, 15) is 13.2 Å². The third-order valence-corrected chi connectivity index (χ3v) is 4.65. The lowest BCUT2D eigenvalue weighted by molar-refractivity contribution is 0.0692. The lowest BCUT2D eigenvalue weighted by Crippen LogP contribution is -2.17. The van der Waals surface area contributed by atoms with E-state index in [-0.39, 0.29) is 29.4 Å². The van der Waals surface area contributed by atoms with Gasteiger partial charge in [-0.2, -0.15) is 0 Å². The average molecular weight is 351 g/mol. The molecule has 106 valence electrons. The number of carboxylic acid groups (broad SMARTS) is 1. The lowest BCUT2D eigenvalue weighted by Gasteiger charge is -2.09. The molecule has 0 radical (unpaired) electrons. The van der Waals surface area contributed by atoms with Gasteiger partial charge in [0.15, 0.2) is 9.84 Å². The highest BCUT2D eigenvalue weighted by Gasteiger charge is 2.14. The van der Waals surface area contributed by atoms with Gasteiger partial charge in [0, 0.05) is 4.47 Å². The van der Waals surface area contributed by atoms with Crippen LogP contribution in [0.1, 0.15) is 23.7 Å². The summed E-state index contributed by atoms with van der Waals surface area (Å²) in [6.45, 7) is 1.74. The molecule has 0 saturated carbocycles. The van der Waals surface area contributed by atoms with Gasteiger partial charge >= 0.3 is 5.97 Å². The molecule has 1 aromatic carbocycles. The standard InChI is InChI=1S/C12H15BrO5S/c1-2-6-19(16,17)7-5-18-11-4-3-9(13)8-10(11)12(14)15/h3-4,8H,2,5-7H2,1H3,(H,14,15). The first-order chi connectivity index (χ1) is 8.85. The second-order valence-corrected chi connectivity index (χ2v) is 7.17. The topological polar surface area (TPSA) is 80.7 Å². The summed E-state index contributed by atoms with van der Waals surface area (Å²) in [5.41, 5.74) is 0.00210. The molecule has 0 heterocycles. The van der Waals surface area contributed by atoms with Gasteiger partial charge in [-0.25, -0.2) is 13.2 Å². The minimum Gasteiger partial charge on any atom is -0.492 e. The number of rotatable bonds is 7. The van der Waals surface area contributed by atoms with Crippen molar-refractivity contribution >= 4 is 31.7 Å². The first-order valence-electron chi connectivity index (χ1n) is 5.72. The number of hydrogen-bond acceptors (Lipinski definition) is 4. The van der Waals surface area contributed by atoms with Crippen molar-refractivity contribution in [2.75, 3.05) is 18.1 Å². The Hall–Kier alpha value is -1.08. The van der Waals surface area contributed by atoms with E-state index in [1.54, 1.807) is 13.0 Å². The van der Waals surface area contributed by atoms with E-state index >= 15 is 0 Å². The number of hydrogen-bond donors (Lipinski definition) is 1. The molecule has 0 unspecified atom stereocenters. The Labute approximate surface area is 120 Å². The molecule has 1 aromatic rings. The largest absolute Gasteiger partial charge is 0.492 e. The van der Waals surface area contributed by atoms with Crippen LogP contribution in [-0.4, -0.2) is 37.6 Å². The van der Waals surface area contributed by atoms with Crippen LogP contribution in [0.4, 0.5) is 0 Å². The number of sulfone groups is 1. The lowest BCUT2D eigenvalue weighted by atomic mass is 10.2. The Morgan fingerprint density at radius 2 is 2.05 bits per heavy atom. The van der Waals surface area contributed by atoms with Crippen molar-refractivity contribution in [2.24, 2.45) is 0 Å². The van der Waals surface area contributed by atoms with Gasteiger partial charge in [-0.1, -0.05) is 22.9 Å². The monoisotopic (exact) mass is 350 g/mol. The van der Waals surface area contributed by atoms with Crippen molar-refractivity contribution in [3.8, 4) is 5.75 Å². The molecule has 0 aromatic heterocycles. The zero-order valence-electron chi connectivity index (χ0n) is 10.4. The first-order valence-corrected chi connectivity index (χ1v) is 8.33. The molecule has 5 nitrogen and oxygen atoms in total. The Morgan fingerprint density at radius 1 is 1.37 bits per heavy atom. The fourth-order valence-electron chi connectivity index (χ4n) is 1.49. The number of halogens is 1. The summed E-state index contributed by atoms with van der Waals surface area (Å²) in [6.07, 6.45) is 0.557. The summed E-state index contributed by atoms with van der Waals surface area (Å²) in [7, 11) is -3.12. The maximum Gasteiger partial charge on any atom is 0.339 e. The van der Waals surface area contributed by atoms with Crippen LogP contribution in [0.5, 0.6) is 5.75 Å². The fourth-order valence-corrected chi connectivity index (χ4v) is 3.01. The minimum atomic E-state index is -3.12. The molecule has 1 N–H and O–H groups in total. The van der Waals surface area contributed by atoms with E-state index in [0.717, 1.165) is 0 Å². The molecule has 0 aliphatic carbocycles. The van der Waals surface area contributed by atoms with Crippen molar-refractivity contribution in [1.82, 2.24) is 0 Å². The molecule has 0 fully saturated rings. The van der Waals surface area contributed by atoms with Crippen molar-refractivity contribution in [2.45, 2.75) is 13.3 Å². The fraction of sp³-hybridized carbons (Fsp3) is 0.417. The van der Waals surface area contributed by atoms with Crippen molar-refractivity contribution in [3.63, 3.8) is 0 Å². The van der Waals surface area contributed by atoms with Crippen LogP contribution in [0.15, 0.2) is 22.7 Å². The van der Waals surface area contributed by atoms with Crippen molar-refractivity contribution < 1.29 is 23.1 Å². The molecule has 7 heteroatoms. The highest BCUT2D eigenvalue weighted by atomic mass is 79.9. The van der Waals surface area contributed by atoms with Gasteiger partial charge in [-0.05, 0) is 24.6 Å². The van der Waals surface area contributed by atoms with Crippen LogP contribution < -0.4 is 4.74 Å². The zero-order valence-corrected chi connectivity index (χ0v) is 12.8. The number of carboxylic acids is 1. The molecule has 0 saturated heterocycles. The molecule has 1 rings (SSSR count). The summed E-state index contributed by atoms with van der Waals surface area (Å²) >= 11 is 3.17. The summed E-state index contributed by atoms with van der Waals surface area (Å²) in [4.78, 5) is 11.0. The van der Waals surface area contributed by atoms with Crippen LogP contribution >= 0.6 is 15.9 Å². The predicted molar refractivity (Wildman–Crippen MR) is 75.5 cm³/mol. The average Bonchev–Trinajstić information content (AvgIpc) is 2.30. The van der Waals surface area contributed by atoms with Gasteiger partial charge < -0.3 is 9.84 Å². The van der Waals surface area contributed by atoms with Crippen LogP contribution in [0.2, 0.25) is 0 Å². The first kappa shape index (κ1) is 16.0. The number of benzene rings is 1. The second-order valence-electron chi connectivity index (χ2n) is 3.95. The van der Waals surface area contributed by atoms with Crippen LogP contribution in [0.3, 0.4) is 0 Å². The van der Waals surface area contributed by atoms with Crippen molar-refractivity contribution in [3.05, 3.63) is 28.2 Å². The van der Waals surface area contributed by atoms with E-state index in [1.807, 2.05) is 0 Å². The normalized spacial score (nSPS) is 11.3. The van der Waals surface area contributed by atoms with E-state index in [1.165, 1.54) is 12.1 Å². The number of aromatic carboxylic acids is 1. The molecule has 19 heavy (non-hydrogen) atoms. The molecule has 0 aliphatic heterocycles. The summed E-state index contributed by atoms with van der Waals surface area (Å²) in [5.74, 6) is -0.951. The van der Waals surface area contributed by atoms with Crippen LogP contribution in [0.25, 0.3) is 0 Å². The van der Waals surface area contributed by atoms with E-state index in [2.05, 4.69) is 15.9 Å². The predicted octanol–water partition coefficient (Wildman–Crippen LogP) is 2.35. The smallest absolute Gasteiger partial charge is 0.339 e. The Bertz CT molecular complexity index is 553. The number of ether oxygens (including phenoxy) is 1. The van der Waals surface area contributed by atoms with Gasteiger partial charge in [0.25, 0.3) is 0 Å². The van der Waals surface area contributed by atoms with Crippen LogP contribution in [-0.2, 0) is 9.84 Å². The maximum absolute atomic E-state index is 11.5. The Morgan fingerprint density at radius 3 is 2.63 bits per heavy atom. The quantitative estimate of drug-likeness (QED) is 0.816. The molecular formula is C12H15BrO5S. The van der Waals surface area contributed by atoms with Gasteiger partial charge in [0.05, 0.1) is 11.5 Å². The molecule has 0 bridgehead atoms. The molecular weight excluding hydrogens is 336 g/mol. The maximum atomic E-state index is 11.5. The highest BCUT2D eigenvalue weighted by Crippen LogP contribution is 2.23. The summed E-state index contributed by atoms with van der Waals surface area (Å²) in [5, 5.41) is 9.01. The van der Waals surface area contributed by atoms with E-state index < -0.39 is 15.8 Å². The Kier molecular flexibility index (Phi) is 5.81. The zero-order chi connectivity index (χ0) is 14.5. The molecule has 0 spiro atoms. The summed E-state index contributed by atoms with van der Waals surface area (Å²) < 4.78 is 28.9. The number of carbonyl (C=O) groups is 1. The van der Waals surface area contributed by atoms with Gasteiger partial charge in [0.2, 0.25) is 0 Å². The molecule has 0 amide bonds. The second kappa shape index (κ2) is 6.91. The third kappa shape index (κ3) is 5.20. The molecule has 0 atom stereocenters. The SMILES string of the molecule is CCCS(=O)(=O)CCOc1ccc(Br)cc1C(=O)O. The van der Waals surface area contributed by atoms with E-state index in [0.29, 0.717) is 10.9 Å².